The summed E-state index contributed by atoms with van der Waals surface area (Å²) in [5, 5.41) is 8.32. The average molecular weight is 265 g/mol. The highest BCUT2D eigenvalue weighted by Gasteiger charge is 2.27. The fourth-order valence-corrected chi connectivity index (χ4v) is 3.66. The summed E-state index contributed by atoms with van der Waals surface area (Å²) in [4.78, 5) is 3.92. The van der Waals surface area contributed by atoms with Crippen LogP contribution in [0.1, 0.15) is 37.7 Å². The summed E-state index contributed by atoms with van der Waals surface area (Å²) in [5.74, 6) is 0.277. The highest BCUT2D eigenvalue weighted by Crippen LogP contribution is 2.24. The van der Waals surface area contributed by atoms with Crippen LogP contribution in [0, 0.1) is 11.3 Å². The molecule has 0 aliphatic heterocycles. The zero-order valence-electron chi connectivity index (χ0n) is 9.96. The molecule has 1 saturated carbocycles. The molecule has 0 aromatic carbocycles. The number of nitriles is 1. The molecular weight excluding hydrogens is 250 g/mol. The first-order valence-corrected chi connectivity index (χ1v) is 7.54. The van der Waals surface area contributed by atoms with Gasteiger partial charge in [-0.3, -0.25) is 4.72 Å². The molecule has 0 bridgehead atoms. The van der Waals surface area contributed by atoms with Crippen molar-refractivity contribution in [3.63, 3.8) is 0 Å². The molecule has 2 rings (SSSR count). The van der Waals surface area contributed by atoms with Crippen LogP contribution in [-0.2, 0) is 10.0 Å². The minimum atomic E-state index is -3.35. The molecule has 96 valence electrons. The van der Waals surface area contributed by atoms with Crippen molar-refractivity contribution in [2.75, 3.05) is 4.72 Å². The molecule has 0 unspecified atom stereocenters. The van der Waals surface area contributed by atoms with Gasteiger partial charge in [-0.1, -0.05) is 19.3 Å². The molecule has 1 aromatic heterocycles. The first-order chi connectivity index (χ1) is 8.62. The molecular formula is C12H15N3O2S. The zero-order valence-corrected chi connectivity index (χ0v) is 10.8. The molecule has 1 aromatic rings. The summed E-state index contributed by atoms with van der Waals surface area (Å²) in [6.07, 6.45) is 5.83. The number of nitrogens with one attached hydrogen (secondary N) is 1. The van der Waals surface area contributed by atoms with Crippen LogP contribution < -0.4 is 4.72 Å². The minimum Gasteiger partial charge on any atom is -0.267 e. The van der Waals surface area contributed by atoms with E-state index in [1.54, 1.807) is 6.07 Å². The summed E-state index contributed by atoms with van der Waals surface area (Å²) in [7, 11) is -3.35. The van der Waals surface area contributed by atoms with Crippen LogP contribution in [0.15, 0.2) is 18.3 Å². The van der Waals surface area contributed by atoms with Crippen molar-refractivity contribution in [2.45, 2.75) is 37.4 Å². The van der Waals surface area contributed by atoms with Gasteiger partial charge < -0.3 is 0 Å². The lowest BCUT2D eigenvalue weighted by Gasteiger charge is -2.22. The normalized spacial score (nSPS) is 17.1. The van der Waals surface area contributed by atoms with Crippen LogP contribution in [0.25, 0.3) is 0 Å². The van der Waals surface area contributed by atoms with Crippen molar-refractivity contribution < 1.29 is 8.42 Å². The van der Waals surface area contributed by atoms with Crippen LogP contribution in [0.3, 0.4) is 0 Å². The smallest absolute Gasteiger partial charge is 0.236 e. The van der Waals surface area contributed by atoms with Crippen LogP contribution in [-0.4, -0.2) is 18.7 Å². The Morgan fingerprint density at radius 2 is 2.00 bits per heavy atom. The molecule has 18 heavy (non-hydrogen) atoms. The van der Waals surface area contributed by atoms with Gasteiger partial charge in [0.1, 0.15) is 11.9 Å². The maximum absolute atomic E-state index is 12.1. The van der Waals surface area contributed by atoms with E-state index in [1.807, 2.05) is 6.07 Å². The number of aromatic nitrogens is 1. The van der Waals surface area contributed by atoms with E-state index in [2.05, 4.69) is 9.71 Å². The van der Waals surface area contributed by atoms with Crippen LogP contribution >= 0.6 is 0 Å². The third-order valence-electron chi connectivity index (χ3n) is 3.13. The predicted octanol–water partition coefficient (Wildman–Crippen LogP) is 2.03. The van der Waals surface area contributed by atoms with Gasteiger partial charge in [-0.05, 0) is 25.0 Å². The van der Waals surface area contributed by atoms with E-state index in [4.69, 9.17) is 5.26 Å². The zero-order chi connectivity index (χ0) is 13.0. The van der Waals surface area contributed by atoms with Crippen molar-refractivity contribution in [3.8, 4) is 6.07 Å². The Kier molecular flexibility index (Phi) is 3.82. The summed E-state index contributed by atoms with van der Waals surface area (Å²) < 4.78 is 26.7. The van der Waals surface area contributed by atoms with Gasteiger partial charge in [0.25, 0.3) is 0 Å². The minimum absolute atomic E-state index is 0.277. The molecule has 1 fully saturated rings. The predicted molar refractivity (Wildman–Crippen MR) is 68.4 cm³/mol. The molecule has 6 heteroatoms. The second-order valence-electron chi connectivity index (χ2n) is 4.45. The number of anilines is 1. The third kappa shape index (κ3) is 2.99. The van der Waals surface area contributed by atoms with Crippen LogP contribution in [0.5, 0.6) is 0 Å². The lowest BCUT2D eigenvalue weighted by Crippen LogP contribution is -2.30. The molecule has 1 aliphatic carbocycles. The van der Waals surface area contributed by atoms with Crippen molar-refractivity contribution >= 4 is 15.8 Å². The maximum Gasteiger partial charge on any atom is 0.236 e. The van der Waals surface area contributed by atoms with Crippen molar-refractivity contribution in [1.29, 1.82) is 5.26 Å². The van der Waals surface area contributed by atoms with E-state index in [9.17, 15) is 8.42 Å². The number of hydrogen-bond acceptors (Lipinski definition) is 4. The number of nitrogens with zero attached hydrogens (tertiary/aromatic N) is 2. The first kappa shape index (κ1) is 12.8. The van der Waals surface area contributed by atoms with Gasteiger partial charge in [0.15, 0.2) is 0 Å². The molecule has 5 nitrogen and oxygen atoms in total. The molecule has 1 N–H and O–H groups in total. The lowest BCUT2D eigenvalue weighted by atomic mass is 10.0. The Morgan fingerprint density at radius 3 is 2.56 bits per heavy atom. The molecule has 1 heterocycles. The van der Waals surface area contributed by atoms with E-state index >= 15 is 0 Å². The van der Waals surface area contributed by atoms with E-state index in [-0.39, 0.29) is 11.1 Å². The molecule has 0 amide bonds. The van der Waals surface area contributed by atoms with Gasteiger partial charge in [0.2, 0.25) is 10.0 Å². The third-order valence-corrected chi connectivity index (χ3v) is 4.97. The van der Waals surface area contributed by atoms with Crippen molar-refractivity contribution in [1.82, 2.24) is 4.98 Å². The van der Waals surface area contributed by atoms with E-state index in [0.29, 0.717) is 18.4 Å². The summed E-state index contributed by atoms with van der Waals surface area (Å²) in [6, 6.07) is 5.00. The number of sulfonamides is 1. The van der Waals surface area contributed by atoms with Gasteiger partial charge in [-0.15, -0.1) is 0 Å². The van der Waals surface area contributed by atoms with Gasteiger partial charge in [0.05, 0.1) is 10.8 Å². The lowest BCUT2D eigenvalue weighted by molar-refractivity contribution is 0.486. The number of rotatable bonds is 3. The van der Waals surface area contributed by atoms with Crippen molar-refractivity contribution in [3.05, 3.63) is 23.9 Å². The quantitative estimate of drug-likeness (QED) is 0.906. The Hall–Kier alpha value is -1.61. The summed E-state index contributed by atoms with van der Waals surface area (Å²) in [5.41, 5.74) is 0.413. The molecule has 0 radical (unpaired) electrons. The Bertz CT molecular complexity index is 540. The van der Waals surface area contributed by atoms with E-state index in [1.165, 1.54) is 12.3 Å². The standard InChI is InChI=1S/C12H15N3O2S/c13-8-10-6-7-12(14-9-10)15-18(16,17)11-4-2-1-3-5-11/h6-7,9,11H,1-5H2,(H,14,15). The highest BCUT2D eigenvalue weighted by molar-refractivity contribution is 7.93. The van der Waals surface area contributed by atoms with Gasteiger partial charge in [-0.2, -0.15) is 5.26 Å². The fourth-order valence-electron chi connectivity index (χ4n) is 2.12. The molecule has 0 saturated heterocycles. The summed E-state index contributed by atoms with van der Waals surface area (Å²) >= 11 is 0. The van der Waals surface area contributed by atoms with Crippen LogP contribution in [0.4, 0.5) is 5.82 Å². The van der Waals surface area contributed by atoms with Gasteiger partial charge in [0, 0.05) is 6.20 Å². The fraction of sp³-hybridized carbons (Fsp3) is 0.500. The maximum atomic E-state index is 12.1. The Morgan fingerprint density at radius 1 is 1.28 bits per heavy atom. The largest absolute Gasteiger partial charge is 0.267 e. The SMILES string of the molecule is N#Cc1ccc(NS(=O)(=O)C2CCCCC2)nc1. The topological polar surface area (TPSA) is 82.9 Å². The molecule has 0 atom stereocenters. The first-order valence-electron chi connectivity index (χ1n) is 5.99. The van der Waals surface area contributed by atoms with Gasteiger partial charge >= 0.3 is 0 Å². The Labute approximate surface area is 107 Å². The Balaban J connectivity index is 2.09. The van der Waals surface area contributed by atoms with E-state index < -0.39 is 10.0 Å². The highest BCUT2D eigenvalue weighted by atomic mass is 32.2. The van der Waals surface area contributed by atoms with Crippen LogP contribution in [0.2, 0.25) is 0 Å². The monoisotopic (exact) mass is 265 g/mol. The molecule has 1 aliphatic rings. The number of pyridine rings is 1. The number of hydrogen-bond donors (Lipinski definition) is 1. The van der Waals surface area contributed by atoms with E-state index in [0.717, 1.165) is 19.3 Å². The molecule has 0 spiro atoms. The average Bonchev–Trinajstić information content (AvgIpc) is 2.40. The van der Waals surface area contributed by atoms with Crippen molar-refractivity contribution in [2.24, 2.45) is 0 Å². The second kappa shape index (κ2) is 5.36. The second-order valence-corrected chi connectivity index (χ2v) is 6.41. The summed E-state index contributed by atoms with van der Waals surface area (Å²) in [6.45, 7) is 0. The van der Waals surface area contributed by atoms with Gasteiger partial charge in [-0.25, -0.2) is 13.4 Å².